The fourth-order valence-corrected chi connectivity index (χ4v) is 1.08. The topological polar surface area (TPSA) is 18.5 Å². The van der Waals surface area contributed by atoms with Crippen molar-refractivity contribution in [2.75, 3.05) is 7.11 Å². The van der Waals surface area contributed by atoms with E-state index in [1.54, 1.807) is 7.11 Å². The Morgan fingerprint density at radius 1 is 1.31 bits per heavy atom. The van der Waals surface area contributed by atoms with Gasteiger partial charge in [0.05, 0.1) is 6.26 Å². The Morgan fingerprint density at radius 2 is 1.92 bits per heavy atom. The minimum atomic E-state index is -0.349. The third-order valence-electron chi connectivity index (χ3n) is 1.78. The highest BCUT2D eigenvalue weighted by Crippen LogP contribution is 1.96. The lowest BCUT2D eigenvalue weighted by Gasteiger charge is -2.09. The van der Waals surface area contributed by atoms with Crippen molar-refractivity contribution in [3.8, 4) is 0 Å². The smallest absolute Gasteiger partial charge is 0.539 e. The SMILES string of the molecule is C=COB(OC)c1ccc(C)cc1. The molecule has 0 heterocycles. The van der Waals surface area contributed by atoms with Crippen molar-refractivity contribution >= 4 is 12.6 Å². The Morgan fingerprint density at radius 3 is 2.38 bits per heavy atom. The lowest BCUT2D eigenvalue weighted by molar-refractivity contribution is 0.321. The van der Waals surface area contributed by atoms with Crippen molar-refractivity contribution in [1.29, 1.82) is 0 Å². The fourth-order valence-electron chi connectivity index (χ4n) is 1.08. The van der Waals surface area contributed by atoms with E-state index in [0.717, 1.165) is 5.46 Å². The number of aryl methyl sites for hydroxylation is 1. The van der Waals surface area contributed by atoms with Gasteiger partial charge in [-0.25, -0.2) is 0 Å². The molecule has 0 N–H and O–H groups in total. The van der Waals surface area contributed by atoms with Gasteiger partial charge in [-0.15, -0.1) is 0 Å². The highest BCUT2D eigenvalue weighted by Gasteiger charge is 2.19. The molecule has 0 unspecified atom stereocenters. The van der Waals surface area contributed by atoms with E-state index in [0.29, 0.717) is 0 Å². The minimum absolute atomic E-state index is 0.349. The molecule has 0 aliphatic rings. The first-order valence-corrected chi connectivity index (χ1v) is 4.13. The molecule has 1 aromatic carbocycles. The van der Waals surface area contributed by atoms with Gasteiger partial charge in [0.2, 0.25) is 0 Å². The quantitative estimate of drug-likeness (QED) is 0.511. The van der Waals surface area contributed by atoms with Crippen LogP contribution in [0.25, 0.3) is 0 Å². The molecule has 0 amide bonds. The van der Waals surface area contributed by atoms with Crippen molar-refractivity contribution in [2.24, 2.45) is 0 Å². The van der Waals surface area contributed by atoms with E-state index in [9.17, 15) is 0 Å². The van der Waals surface area contributed by atoms with Crippen molar-refractivity contribution in [3.05, 3.63) is 42.7 Å². The summed E-state index contributed by atoms with van der Waals surface area (Å²) in [5.74, 6) is 0. The average Bonchev–Trinajstić information content (AvgIpc) is 2.16. The summed E-state index contributed by atoms with van der Waals surface area (Å²) in [6, 6.07) is 8.00. The zero-order valence-corrected chi connectivity index (χ0v) is 7.99. The van der Waals surface area contributed by atoms with E-state index in [-0.39, 0.29) is 7.12 Å². The maximum atomic E-state index is 5.16. The third-order valence-corrected chi connectivity index (χ3v) is 1.78. The summed E-state index contributed by atoms with van der Waals surface area (Å²) in [6.07, 6.45) is 1.38. The van der Waals surface area contributed by atoms with Crippen molar-refractivity contribution in [2.45, 2.75) is 6.92 Å². The molecule has 0 saturated carbocycles. The highest BCUT2D eigenvalue weighted by molar-refractivity contribution is 6.61. The molecule has 0 radical (unpaired) electrons. The normalized spacial score (nSPS) is 9.38. The minimum Gasteiger partial charge on any atom is -0.539 e. The molecule has 1 rings (SSSR count). The monoisotopic (exact) mass is 176 g/mol. The van der Waals surface area contributed by atoms with Gasteiger partial charge in [0.1, 0.15) is 0 Å². The second kappa shape index (κ2) is 4.72. The van der Waals surface area contributed by atoms with Gasteiger partial charge in [0.25, 0.3) is 0 Å². The summed E-state index contributed by atoms with van der Waals surface area (Å²) < 4.78 is 10.3. The molecule has 0 spiro atoms. The fraction of sp³-hybridized carbons (Fsp3) is 0.200. The van der Waals surface area contributed by atoms with Crippen LogP contribution in [-0.2, 0) is 9.31 Å². The lowest BCUT2D eigenvalue weighted by Crippen LogP contribution is -2.34. The van der Waals surface area contributed by atoms with Crippen LogP contribution < -0.4 is 5.46 Å². The Hall–Kier alpha value is -1.22. The largest absolute Gasteiger partial charge is 0.562 e. The van der Waals surface area contributed by atoms with Gasteiger partial charge in [0.15, 0.2) is 0 Å². The van der Waals surface area contributed by atoms with Crippen LogP contribution in [0.1, 0.15) is 5.56 Å². The summed E-state index contributed by atoms with van der Waals surface area (Å²) in [7, 11) is 1.26. The van der Waals surface area contributed by atoms with Gasteiger partial charge >= 0.3 is 7.12 Å². The standard InChI is InChI=1S/C10H13BO2/c1-4-13-11(12-3)10-7-5-9(2)6-8-10/h4-8H,1H2,2-3H3. The molecular weight excluding hydrogens is 163 g/mol. The third kappa shape index (κ3) is 2.63. The molecule has 2 nitrogen and oxygen atoms in total. The van der Waals surface area contributed by atoms with Gasteiger partial charge in [0, 0.05) is 7.11 Å². The van der Waals surface area contributed by atoms with Gasteiger partial charge < -0.3 is 9.31 Å². The van der Waals surface area contributed by atoms with Gasteiger partial charge in [-0.2, -0.15) is 0 Å². The molecule has 0 aromatic heterocycles. The first-order chi connectivity index (χ1) is 6.27. The van der Waals surface area contributed by atoms with E-state index >= 15 is 0 Å². The second-order valence-corrected chi connectivity index (χ2v) is 2.78. The van der Waals surface area contributed by atoms with Crippen LogP contribution in [0.4, 0.5) is 0 Å². The molecule has 0 saturated heterocycles. The van der Waals surface area contributed by atoms with E-state index in [1.807, 2.05) is 31.2 Å². The van der Waals surface area contributed by atoms with Crippen LogP contribution in [0.5, 0.6) is 0 Å². The molecule has 0 bridgehead atoms. The molecular formula is C10H13BO2. The van der Waals surface area contributed by atoms with Crippen LogP contribution in [-0.4, -0.2) is 14.2 Å². The Labute approximate surface area is 79.3 Å². The summed E-state index contributed by atoms with van der Waals surface area (Å²) in [5, 5.41) is 0. The van der Waals surface area contributed by atoms with Crippen LogP contribution >= 0.6 is 0 Å². The van der Waals surface area contributed by atoms with Crippen LogP contribution in [0, 0.1) is 6.92 Å². The highest BCUT2D eigenvalue weighted by atomic mass is 16.6. The van der Waals surface area contributed by atoms with Gasteiger partial charge in [-0.1, -0.05) is 36.4 Å². The average molecular weight is 176 g/mol. The van der Waals surface area contributed by atoms with Gasteiger partial charge in [-0.05, 0) is 12.4 Å². The number of hydrogen-bond donors (Lipinski definition) is 0. The summed E-state index contributed by atoms with van der Waals surface area (Å²) in [6.45, 7) is 5.53. The lowest BCUT2D eigenvalue weighted by atomic mass is 9.79. The number of benzene rings is 1. The van der Waals surface area contributed by atoms with Crippen molar-refractivity contribution < 1.29 is 9.31 Å². The Bertz CT molecular complexity index is 269. The molecule has 13 heavy (non-hydrogen) atoms. The van der Waals surface area contributed by atoms with E-state index in [1.165, 1.54) is 11.8 Å². The Kier molecular flexibility index (Phi) is 3.59. The first-order valence-electron chi connectivity index (χ1n) is 4.13. The summed E-state index contributed by atoms with van der Waals surface area (Å²) in [5.41, 5.74) is 2.21. The second-order valence-electron chi connectivity index (χ2n) is 2.78. The van der Waals surface area contributed by atoms with E-state index in [2.05, 4.69) is 6.58 Å². The molecule has 68 valence electrons. The maximum Gasteiger partial charge on any atom is 0.562 e. The predicted octanol–water partition coefficient (Wildman–Crippen LogP) is 1.50. The Balaban J connectivity index is 2.78. The predicted molar refractivity (Wildman–Crippen MR) is 54.9 cm³/mol. The molecule has 1 aromatic rings. The van der Waals surface area contributed by atoms with E-state index < -0.39 is 0 Å². The van der Waals surface area contributed by atoms with Crippen molar-refractivity contribution in [3.63, 3.8) is 0 Å². The molecule has 0 fully saturated rings. The number of hydrogen-bond acceptors (Lipinski definition) is 2. The van der Waals surface area contributed by atoms with Crippen LogP contribution in [0.3, 0.4) is 0 Å². The molecule has 0 atom stereocenters. The molecule has 0 aliphatic heterocycles. The van der Waals surface area contributed by atoms with Gasteiger partial charge in [-0.3, -0.25) is 0 Å². The zero-order valence-electron chi connectivity index (χ0n) is 7.99. The van der Waals surface area contributed by atoms with Crippen LogP contribution in [0.15, 0.2) is 37.1 Å². The van der Waals surface area contributed by atoms with E-state index in [4.69, 9.17) is 9.31 Å². The van der Waals surface area contributed by atoms with Crippen LogP contribution in [0.2, 0.25) is 0 Å². The molecule has 0 aliphatic carbocycles. The summed E-state index contributed by atoms with van der Waals surface area (Å²) in [4.78, 5) is 0. The first kappa shape index (κ1) is 9.87. The number of rotatable bonds is 4. The summed E-state index contributed by atoms with van der Waals surface area (Å²) >= 11 is 0. The van der Waals surface area contributed by atoms with Crippen molar-refractivity contribution in [1.82, 2.24) is 0 Å². The maximum absolute atomic E-state index is 5.16. The molecule has 3 heteroatoms. The zero-order chi connectivity index (χ0) is 9.68.